The predicted octanol–water partition coefficient (Wildman–Crippen LogP) is 1.36. The normalized spacial score (nSPS) is 11.3. The standard InChI is InChI=1S/C11H14ClNO5S/c1-19(16,17)13-5-2-6-18-10-4-3-8(12)7-9(10)11(14)15/h3-4,7,13H,2,5-6H2,1H3,(H,14,15). The molecule has 106 valence electrons. The maximum Gasteiger partial charge on any atom is 0.339 e. The number of carboxylic acids is 1. The lowest BCUT2D eigenvalue weighted by molar-refractivity contribution is 0.0692. The van der Waals surface area contributed by atoms with Gasteiger partial charge in [0.1, 0.15) is 11.3 Å². The number of carboxylic acid groups (broad SMARTS) is 1. The summed E-state index contributed by atoms with van der Waals surface area (Å²) in [5.74, 6) is -0.928. The van der Waals surface area contributed by atoms with Crippen molar-refractivity contribution in [3.63, 3.8) is 0 Å². The molecule has 2 N–H and O–H groups in total. The minimum absolute atomic E-state index is 0.0245. The number of benzene rings is 1. The van der Waals surface area contributed by atoms with Crippen molar-refractivity contribution >= 4 is 27.6 Å². The lowest BCUT2D eigenvalue weighted by Gasteiger charge is -2.09. The minimum Gasteiger partial charge on any atom is -0.493 e. The molecule has 1 aromatic rings. The minimum atomic E-state index is -3.21. The zero-order chi connectivity index (χ0) is 14.5. The van der Waals surface area contributed by atoms with E-state index in [4.69, 9.17) is 21.4 Å². The Morgan fingerprint density at radius 3 is 2.74 bits per heavy atom. The van der Waals surface area contributed by atoms with Gasteiger partial charge >= 0.3 is 5.97 Å². The van der Waals surface area contributed by atoms with Gasteiger partial charge in [0, 0.05) is 11.6 Å². The van der Waals surface area contributed by atoms with Crippen LogP contribution in [0.3, 0.4) is 0 Å². The highest BCUT2D eigenvalue weighted by atomic mass is 35.5. The first-order valence-corrected chi connectivity index (χ1v) is 7.67. The summed E-state index contributed by atoms with van der Waals surface area (Å²) in [6, 6.07) is 4.29. The summed E-state index contributed by atoms with van der Waals surface area (Å²) >= 11 is 5.70. The molecular weight excluding hydrogens is 294 g/mol. The van der Waals surface area contributed by atoms with Gasteiger partial charge in [-0.3, -0.25) is 0 Å². The summed E-state index contributed by atoms with van der Waals surface area (Å²) in [5, 5.41) is 9.28. The van der Waals surface area contributed by atoms with Gasteiger partial charge in [0.2, 0.25) is 10.0 Å². The Bertz CT molecular complexity index is 558. The van der Waals surface area contributed by atoms with Gasteiger partial charge < -0.3 is 9.84 Å². The number of carbonyl (C=O) groups is 1. The van der Waals surface area contributed by atoms with Crippen LogP contribution in [0.5, 0.6) is 5.75 Å². The lowest BCUT2D eigenvalue weighted by atomic mass is 10.2. The van der Waals surface area contributed by atoms with Crippen LogP contribution in [0.15, 0.2) is 18.2 Å². The molecule has 0 spiro atoms. The van der Waals surface area contributed by atoms with Crippen LogP contribution in [0.4, 0.5) is 0 Å². The number of hydrogen-bond donors (Lipinski definition) is 2. The van der Waals surface area contributed by atoms with E-state index in [2.05, 4.69) is 4.72 Å². The predicted molar refractivity (Wildman–Crippen MR) is 71.4 cm³/mol. The molecule has 0 saturated carbocycles. The molecule has 0 amide bonds. The Hall–Kier alpha value is -1.31. The zero-order valence-electron chi connectivity index (χ0n) is 10.2. The average molecular weight is 308 g/mol. The number of aromatic carboxylic acids is 1. The molecule has 1 aromatic carbocycles. The Morgan fingerprint density at radius 2 is 2.16 bits per heavy atom. The molecule has 0 aliphatic rings. The molecule has 0 aliphatic heterocycles. The quantitative estimate of drug-likeness (QED) is 0.742. The van der Waals surface area contributed by atoms with E-state index in [1.807, 2.05) is 0 Å². The highest BCUT2D eigenvalue weighted by Gasteiger charge is 2.11. The van der Waals surface area contributed by atoms with E-state index in [9.17, 15) is 13.2 Å². The van der Waals surface area contributed by atoms with Crippen LogP contribution in [-0.4, -0.2) is 38.9 Å². The van der Waals surface area contributed by atoms with Crippen molar-refractivity contribution in [2.45, 2.75) is 6.42 Å². The topological polar surface area (TPSA) is 92.7 Å². The summed E-state index contributed by atoms with van der Waals surface area (Å²) in [4.78, 5) is 11.0. The number of rotatable bonds is 7. The van der Waals surface area contributed by atoms with E-state index < -0.39 is 16.0 Å². The fraction of sp³-hybridized carbons (Fsp3) is 0.364. The maximum absolute atomic E-state index is 11.0. The Kier molecular flexibility index (Phi) is 5.59. The third kappa shape index (κ3) is 5.91. The third-order valence-electron chi connectivity index (χ3n) is 2.11. The fourth-order valence-corrected chi connectivity index (χ4v) is 1.99. The van der Waals surface area contributed by atoms with E-state index in [1.165, 1.54) is 18.2 Å². The van der Waals surface area contributed by atoms with E-state index in [1.54, 1.807) is 0 Å². The second-order valence-corrected chi connectivity index (χ2v) is 6.08. The third-order valence-corrected chi connectivity index (χ3v) is 3.08. The van der Waals surface area contributed by atoms with Gasteiger partial charge in [-0.05, 0) is 24.6 Å². The summed E-state index contributed by atoms with van der Waals surface area (Å²) in [7, 11) is -3.21. The van der Waals surface area contributed by atoms with Gasteiger partial charge in [-0.2, -0.15) is 0 Å². The fourth-order valence-electron chi connectivity index (χ4n) is 1.31. The number of halogens is 1. The van der Waals surface area contributed by atoms with Gasteiger partial charge in [0.25, 0.3) is 0 Å². The maximum atomic E-state index is 11.0. The highest BCUT2D eigenvalue weighted by Crippen LogP contribution is 2.22. The van der Waals surface area contributed by atoms with E-state index in [0.29, 0.717) is 11.4 Å². The summed E-state index contributed by atoms with van der Waals surface area (Å²) in [5.41, 5.74) is -0.0245. The molecule has 19 heavy (non-hydrogen) atoms. The van der Waals surface area contributed by atoms with E-state index in [0.717, 1.165) is 6.26 Å². The molecular formula is C11H14ClNO5S. The molecule has 0 unspecified atom stereocenters. The van der Waals surface area contributed by atoms with Crippen molar-refractivity contribution in [3.05, 3.63) is 28.8 Å². The van der Waals surface area contributed by atoms with Crippen molar-refractivity contribution in [3.8, 4) is 5.75 Å². The molecule has 0 saturated heterocycles. The van der Waals surface area contributed by atoms with Crippen molar-refractivity contribution < 1.29 is 23.1 Å². The van der Waals surface area contributed by atoms with Crippen molar-refractivity contribution in [2.75, 3.05) is 19.4 Å². The number of ether oxygens (including phenoxy) is 1. The molecule has 0 bridgehead atoms. The van der Waals surface area contributed by atoms with Gasteiger partial charge in [-0.15, -0.1) is 0 Å². The van der Waals surface area contributed by atoms with E-state index in [-0.39, 0.29) is 24.5 Å². The van der Waals surface area contributed by atoms with Crippen LogP contribution in [0, 0.1) is 0 Å². The molecule has 0 fully saturated rings. The van der Waals surface area contributed by atoms with Crippen LogP contribution >= 0.6 is 11.6 Å². The van der Waals surface area contributed by atoms with Crippen LogP contribution < -0.4 is 9.46 Å². The van der Waals surface area contributed by atoms with Crippen LogP contribution in [0.1, 0.15) is 16.8 Å². The molecule has 0 radical (unpaired) electrons. The largest absolute Gasteiger partial charge is 0.493 e. The van der Waals surface area contributed by atoms with Crippen LogP contribution in [0.25, 0.3) is 0 Å². The van der Waals surface area contributed by atoms with E-state index >= 15 is 0 Å². The first-order valence-electron chi connectivity index (χ1n) is 5.40. The molecule has 0 aliphatic carbocycles. The monoisotopic (exact) mass is 307 g/mol. The Morgan fingerprint density at radius 1 is 1.47 bits per heavy atom. The van der Waals surface area contributed by atoms with Gasteiger partial charge in [0.15, 0.2) is 0 Å². The SMILES string of the molecule is CS(=O)(=O)NCCCOc1ccc(Cl)cc1C(=O)O. The van der Waals surface area contributed by atoms with Crippen molar-refractivity contribution in [2.24, 2.45) is 0 Å². The zero-order valence-corrected chi connectivity index (χ0v) is 11.8. The van der Waals surface area contributed by atoms with Gasteiger partial charge in [-0.1, -0.05) is 11.6 Å². The number of nitrogens with one attached hydrogen (secondary N) is 1. The van der Waals surface area contributed by atoms with Crippen LogP contribution in [0.2, 0.25) is 5.02 Å². The smallest absolute Gasteiger partial charge is 0.339 e. The average Bonchev–Trinajstić information content (AvgIpc) is 2.28. The van der Waals surface area contributed by atoms with Crippen molar-refractivity contribution in [1.29, 1.82) is 0 Å². The molecule has 8 heteroatoms. The Labute approximate surface area is 116 Å². The highest BCUT2D eigenvalue weighted by molar-refractivity contribution is 7.88. The summed E-state index contributed by atoms with van der Waals surface area (Å²) in [6.45, 7) is 0.430. The van der Waals surface area contributed by atoms with Crippen LogP contribution in [-0.2, 0) is 10.0 Å². The molecule has 0 atom stereocenters. The second kappa shape index (κ2) is 6.74. The van der Waals surface area contributed by atoms with Gasteiger partial charge in [-0.25, -0.2) is 17.9 Å². The second-order valence-electron chi connectivity index (χ2n) is 3.81. The lowest BCUT2D eigenvalue weighted by Crippen LogP contribution is -2.24. The van der Waals surface area contributed by atoms with Gasteiger partial charge in [0.05, 0.1) is 12.9 Å². The Balaban J connectivity index is 2.52. The first kappa shape index (κ1) is 15.7. The van der Waals surface area contributed by atoms with Crippen molar-refractivity contribution in [1.82, 2.24) is 4.72 Å². The molecule has 6 nitrogen and oxygen atoms in total. The number of hydrogen-bond acceptors (Lipinski definition) is 4. The summed E-state index contributed by atoms with van der Waals surface area (Å²) < 4.78 is 29.2. The summed E-state index contributed by atoms with van der Waals surface area (Å²) in [6.07, 6.45) is 1.49. The number of sulfonamides is 1. The molecule has 0 aromatic heterocycles. The molecule has 1 rings (SSSR count). The first-order chi connectivity index (χ1) is 8.79. The molecule has 0 heterocycles.